The highest BCUT2D eigenvalue weighted by atomic mass is 35.5. The molecule has 21 heavy (non-hydrogen) atoms. The minimum Gasteiger partial charge on any atom is -0.0853 e. The van der Waals surface area contributed by atoms with Crippen molar-refractivity contribution in [2.24, 2.45) is 0 Å². The molecule has 3 rings (SSSR count). The van der Waals surface area contributed by atoms with Gasteiger partial charge in [0.1, 0.15) is 0 Å². The fourth-order valence-electron chi connectivity index (χ4n) is 3.24. The summed E-state index contributed by atoms with van der Waals surface area (Å²) < 4.78 is 0. The molecule has 1 atom stereocenters. The van der Waals surface area contributed by atoms with Gasteiger partial charge in [-0.15, -0.1) is 0 Å². The van der Waals surface area contributed by atoms with E-state index in [4.69, 9.17) is 11.6 Å². The van der Waals surface area contributed by atoms with E-state index in [1.165, 1.54) is 30.4 Å². The van der Waals surface area contributed by atoms with Gasteiger partial charge in [0.05, 0.1) is 0 Å². The van der Waals surface area contributed by atoms with Crippen molar-refractivity contribution in [2.75, 3.05) is 0 Å². The van der Waals surface area contributed by atoms with Gasteiger partial charge in [-0.1, -0.05) is 71.8 Å². The van der Waals surface area contributed by atoms with E-state index >= 15 is 0 Å². The maximum absolute atomic E-state index is 6.45. The Balaban J connectivity index is 1.85. The van der Waals surface area contributed by atoms with E-state index in [9.17, 15) is 0 Å². The fraction of sp³-hybridized carbons (Fsp3) is 0.300. The first-order valence-electron chi connectivity index (χ1n) is 7.79. The molecule has 0 nitrogen and oxygen atoms in total. The summed E-state index contributed by atoms with van der Waals surface area (Å²) in [5.74, 6) is 0.477. The monoisotopic (exact) mass is 296 g/mol. The molecule has 1 heteroatoms. The van der Waals surface area contributed by atoms with Gasteiger partial charge in [-0.3, -0.25) is 0 Å². The minimum absolute atomic E-state index is 0.477. The molecule has 0 aliphatic heterocycles. The summed E-state index contributed by atoms with van der Waals surface area (Å²) in [5, 5.41) is 0.900. The molecule has 0 bridgehead atoms. The molecule has 2 aromatic rings. The van der Waals surface area contributed by atoms with Gasteiger partial charge < -0.3 is 0 Å². The molecule has 0 radical (unpaired) electrons. The van der Waals surface area contributed by atoms with Crippen LogP contribution in [-0.2, 0) is 6.42 Å². The smallest absolute Gasteiger partial charge is 0.0441 e. The first-order chi connectivity index (χ1) is 10.3. The van der Waals surface area contributed by atoms with E-state index in [0.29, 0.717) is 5.92 Å². The molecule has 0 amide bonds. The molecule has 0 N–H and O–H groups in total. The number of rotatable bonds is 5. The van der Waals surface area contributed by atoms with Gasteiger partial charge in [0, 0.05) is 5.02 Å². The largest absolute Gasteiger partial charge is 0.0853 e. The highest BCUT2D eigenvalue weighted by Gasteiger charge is 2.18. The Kier molecular flexibility index (Phi) is 4.77. The Bertz CT molecular complexity index is 613. The summed E-state index contributed by atoms with van der Waals surface area (Å²) in [6.07, 6.45) is 8.44. The third-order valence-corrected chi connectivity index (χ3v) is 4.66. The molecule has 108 valence electrons. The van der Waals surface area contributed by atoms with Crippen molar-refractivity contribution in [3.05, 3.63) is 82.4 Å². The van der Waals surface area contributed by atoms with Crippen LogP contribution in [0.5, 0.6) is 0 Å². The Hall–Kier alpha value is -1.53. The van der Waals surface area contributed by atoms with Gasteiger partial charge in [-0.25, -0.2) is 0 Å². The summed E-state index contributed by atoms with van der Waals surface area (Å²) in [6, 6.07) is 19.1. The Labute approximate surface area is 132 Å². The summed E-state index contributed by atoms with van der Waals surface area (Å²) in [4.78, 5) is 0. The van der Waals surface area contributed by atoms with Crippen LogP contribution in [0.4, 0.5) is 0 Å². The molecular formula is C20H21Cl. The average molecular weight is 297 g/mol. The van der Waals surface area contributed by atoms with Crippen LogP contribution in [0.15, 0.2) is 66.2 Å². The van der Waals surface area contributed by atoms with Crippen molar-refractivity contribution in [2.45, 2.75) is 38.0 Å². The normalized spacial score (nSPS) is 15.8. The van der Waals surface area contributed by atoms with Gasteiger partial charge in [0.25, 0.3) is 0 Å². The minimum atomic E-state index is 0.477. The maximum Gasteiger partial charge on any atom is 0.0441 e. The van der Waals surface area contributed by atoms with Gasteiger partial charge in [0.15, 0.2) is 0 Å². The fourth-order valence-corrected chi connectivity index (χ4v) is 3.53. The van der Waals surface area contributed by atoms with Crippen LogP contribution in [0, 0.1) is 0 Å². The molecule has 0 heterocycles. The van der Waals surface area contributed by atoms with Crippen LogP contribution >= 0.6 is 11.6 Å². The second-order valence-electron chi connectivity index (χ2n) is 5.87. The van der Waals surface area contributed by atoms with E-state index in [0.717, 1.165) is 17.9 Å². The Morgan fingerprint density at radius 1 is 0.905 bits per heavy atom. The van der Waals surface area contributed by atoms with Gasteiger partial charge in [0.2, 0.25) is 0 Å². The molecule has 1 unspecified atom stereocenters. The average Bonchev–Trinajstić information content (AvgIpc) is 3.01. The molecule has 0 fully saturated rings. The standard InChI is InChI=1S/C20H21Cl/c21-20-13-7-6-12-19(20)18(15-17-10-4-5-11-17)14-16-8-2-1-3-9-16/h1-3,6-10,12-13,18H,4-5,11,14-15H2. The molecule has 0 aromatic heterocycles. The van der Waals surface area contributed by atoms with E-state index in [2.05, 4.69) is 48.5 Å². The van der Waals surface area contributed by atoms with Crippen molar-refractivity contribution < 1.29 is 0 Å². The van der Waals surface area contributed by atoms with Gasteiger partial charge in [-0.2, -0.15) is 0 Å². The predicted molar refractivity (Wildman–Crippen MR) is 90.9 cm³/mol. The summed E-state index contributed by atoms with van der Waals surface area (Å²) in [6.45, 7) is 0. The number of hydrogen-bond acceptors (Lipinski definition) is 0. The molecular weight excluding hydrogens is 276 g/mol. The zero-order valence-corrected chi connectivity index (χ0v) is 13.0. The SMILES string of the molecule is Clc1ccccc1C(CC1=CCCC1)Cc1ccccc1. The van der Waals surface area contributed by atoms with Crippen LogP contribution < -0.4 is 0 Å². The molecule has 2 aromatic carbocycles. The second-order valence-corrected chi connectivity index (χ2v) is 6.27. The summed E-state index contributed by atoms with van der Waals surface area (Å²) in [7, 11) is 0. The molecule has 0 saturated carbocycles. The van der Waals surface area contributed by atoms with Crippen molar-refractivity contribution in [3.8, 4) is 0 Å². The highest BCUT2D eigenvalue weighted by molar-refractivity contribution is 6.31. The molecule has 0 saturated heterocycles. The second kappa shape index (κ2) is 6.95. The van der Waals surface area contributed by atoms with E-state index in [1.807, 2.05) is 12.1 Å². The lowest BCUT2D eigenvalue weighted by Crippen LogP contribution is -2.05. The molecule has 1 aliphatic carbocycles. The maximum atomic E-state index is 6.45. The summed E-state index contributed by atoms with van der Waals surface area (Å²) >= 11 is 6.45. The Morgan fingerprint density at radius 3 is 2.38 bits per heavy atom. The molecule has 1 aliphatic rings. The van der Waals surface area contributed by atoms with Crippen LogP contribution in [0.3, 0.4) is 0 Å². The van der Waals surface area contributed by atoms with E-state index in [-0.39, 0.29) is 0 Å². The lowest BCUT2D eigenvalue weighted by molar-refractivity contribution is 0.662. The zero-order valence-electron chi connectivity index (χ0n) is 12.3. The lowest BCUT2D eigenvalue weighted by Gasteiger charge is -2.20. The first kappa shape index (κ1) is 14.4. The Morgan fingerprint density at radius 2 is 1.67 bits per heavy atom. The van der Waals surface area contributed by atoms with E-state index in [1.54, 1.807) is 5.57 Å². The van der Waals surface area contributed by atoms with Crippen molar-refractivity contribution >= 4 is 11.6 Å². The highest BCUT2D eigenvalue weighted by Crippen LogP contribution is 2.35. The quantitative estimate of drug-likeness (QED) is 0.579. The third-order valence-electron chi connectivity index (χ3n) is 4.31. The van der Waals surface area contributed by atoms with Crippen LogP contribution in [0.25, 0.3) is 0 Å². The van der Waals surface area contributed by atoms with Gasteiger partial charge >= 0.3 is 0 Å². The topological polar surface area (TPSA) is 0 Å². The number of halogens is 1. The van der Waals surface area contributed by atoms with Gasteiger partial charge in [-0.05, 0) is 55.2 Å². The predicted octanol–water partition coefficient (Wildman–Crippen LogP) is 6.17. The zero-order chi connectivity index (χ0) is 14.5. The van der Waals surface area contributed by atoms with Crippen LogP contribution in [0.1, 0.15) is 42.7 Å². The molecule has 0 spiro atoms. The van der Waals surface area contributed by atoms with Crippen LogP contribution in [0.2, 0.25) is 5.02 Å². The lowest BCUT2D eigenvalue weighted by atomic mass is 9.86. The number of hydrogen-bond donors (Lipinski definition) is 0. The summed E-state index contributed by atoms with van der Waals surface area (Å²) in [5.41, 5.74) is 4.28. The van der Waals surface area contributed by atoms with Crippen molar-refractivity contribution in [1.82, 2.24) is 0 Å². The first-order valence-corrected chi connectivity index (χ1v) is 8.17. The van der Waals surface area contributed by atoms with Crippen LogP contribution in [-0.4, -0.2) is 0 Å². The van der Waals surface area contributed by atoms with Crippen molar-refractivity contribution in [3.63, 3.8) is 0 Å². The van der Waals surface area contributed by atoms with Crippen molar-refractivity contribution in [1.29, 1.82) is 0 Å². The third kappa shape index (κ3) is 3.77. The van der Waals surface area contributed by atoms with E-state index < -0.39 is 0 Å². The number of allylic oxidation sites excluding steroid dienone is 2. The number of benzene rings is 2.